The molecule has 3 heteroatoms. The Bertz CT molecular complexity index is 323. The summed E-state index contributed by atoms with van der Waals surface area (Å²) in [6.07, 6.45) is 2.49. The Morgan fingerprint density at radius 2 is 2.29 bits per heavy atom. The normalized spacial score (nSPS) is 17.6. The van der Waals surface area contributed by atoms with E-state index in [1.807, 2.05) is 0 Å². The van der Waals surface area contributed by atoms with Crippen LogP contribution in [-0.2, 0) is 6.16 Å². The first kappa shape index (κ1) is 9.92. The van der Waals surface area contributed by atoms with Crippen LogP contribution in [0.4, 0.5) is 5.82 Å². The molecule has 0 saturated carbocycles. The number of fused-ring (bicyclic) bond motifs is 1. The predicted octanol–water partition coefficient (Wildman–Crippen LogP) is 2.81. The minimum absolute atomic E-state index is 0.521. The number of pyridine rings is 1. The van der Waals surface area contributed by atoms with Crippen molar-refractivity contribution in [1.29, 1.82) is 0 Å². The molecule has 76 valence electrons. The third-order valence-electron chi connectivity index (χ3n) is 2.50. The molecule has 0 bridgehead atoms. The van der Waals surface area contributed by atoms with Crippen molar-refractivity contribution in [2.45, 2.75) is 25.9 Å². The molecule has 2 rings (SSSR count). The van der Waals surface area contributed by atoms with Gasteiger partial charge in [-0.15, -0.1) is 8.58 Å². The van der Waals surface area contributed by atoms with Crippen molar-refractivity contribution in [2.24, 2.45) is 0 Å². The lowest BCUT2D eigenvalue weighted by atomic mass is 10.1. The molecule has 14 heavy (non-hydrogen) atoms. The van der Waals surface area contributed by atoms with Crippen LogP contribution in [0.5, 0.6) is 0 Å². The van der Waals surface area contributed by atoms with Crippen molar-refractivity contribution in [3.8, 4) is 0 Å². The fourth-order valence-corrected chi connectivity index (χ4v) is 2.65. The van der Waals surface area contributed by atoms with Crippen LogP contribution >= 0.6 is 8.58 Å². The van der Waals surface area contributed by atoms with E-state index in [0.29, 0.717) is 5.92 Å². The zero-order valence-corrected chi connectivity index (χ0v) is 9.80. The van der Waals surface area contributed by atoms with E-state index in [-0.39, 0.29) is 0 Å². The summed E-state index contributed by atoms with van der Waals surface area (Å²) in [6, 6.07) is 4.41. The molecule has 0 spiro atoms. The zero-order chi connectivity index (χ0) is 9.97. The topological polar surface area (TPSA) is 24.9 Å². The summed E-state index contributed by atoms with van der Waals surface area (Å²) in [6.45, 7) is 5.46. The molecular formula is C11H17N2P. The van der Waals surface area contributed by atoms with Crippen molar-refractivity contribution in [3.05, 3.63) is 23.4 Å². The van der Waals surface area contributed by atoms with Crippen LogP contribution in [0.1, 0.15) is 31.0 Å². The first-order chi connectivity index (χ1) is 6.77. The quantitative estimate of drug-likeness (QED) is 0.718. The maximum absolute atomic E-state index is 4.67. The van der Waals surface area contributed by atoms with Gasteiger partial charge in [0, 0.05) is 12.2 Å². The van der Waals surface area contributed by atoms with E-state index in [0.717, 1.165) is 20.9 Å². The lowest BCUT2D eigenvalue weighted by Gasteiger charge is -2.10. The van der Waals surface area contributed by atoms with Crippen LogP contribution in [0.25, 0.3) is 0 Å². The van der Waals surface area contributed by atoms with E-state index < -0.39 is 0 Å². The Morgan fingerprint density at radius 1 is 1.43 bits per heavy atom. The molecule has 1 aromatic rings. The molecular weight excluding hydrogens is 191 g/mol. The predicted molar refractivity (Wildman–Crippen MR) is 63.7 cm³/mol. The minimum atomic E-state index is 0.521. The number of aromatic nitrogens is 1. The summed E-state index contributed by atoms with van der Waals surface area (Å²) in [5, 5.41) is 3.42. The third kappa shape index (κ3) is 2.06. The fourth-order valence-electron chi connectivity index (χ4n) is 1.61. The highest BCUT2D eigenvalue weighted by atomic mass is 31.1. The van der Waals surface area contributed by atoms with Crippen molar-refractivity contribution in [2.75, 3.05) is 18.0 Å². The van der Waals surface area contributed by atoms with E-state index >= 15 is 0 Å². The number of nitrogens with one attached hydrogen (secondary N) is 1. The van der Waals surface area contributed by atoms with Gasteiger partial charge in [-0.25, -0.2) is 4.98 Å². The van der Waals surface area contributed by atoms with E-state index in [2.05, 4.69) is 36.3 Å². The average molecular weight is 208 g/mol. The average Bonchev–Trinajstić information content (AvgIpc) is 2.41. The number of rotatable bonds is 1. The van der Waals surface area contributed by atoms with Crippen LogP contribution < -0.4 is 5.32 Å². The van der Waals surface area contributed by atoms with Gasteiger partial charge in [0.1, 0.15) is 5.82 Å². The molecule has 1 aliphatic rings. The van der Waals surface area contributed by atoms with Crippen LogP contribution in [-0.4, -0.2) is 17.7 Å². The molecule has 1 aromatic heterocycles. The minimum Gasteiger partial charge on any atom is -0.369 e. The van der Waals surface area contributed by atoms with Gasteiger partial charge in [-0.05, 0) is 29.9 Å². The van der Waals surface area contributed by atoms with Gasteiger partial charge in [0.05, 0.1) is 0 Å². The number of hydrogen-bond donors (Lipinski definition) is 1. The number of nitrogens with zero attached hydrogens (tertiary/aromatic N) is 1. The third-order valence-corrected chi connectivity index (χ3v) is 3.74. The Morgan fingerprint density at radius 3 is 3.07 bits per heavy atom. The second kappa shape index (κ2) is 4.27. The van der Waals surface area contributed by atoms with Gasteiger partial charge in [0.25, 0.3) is 0 Å². The summed E-state index contributed by atoms with van der Waals surface area (Å²) in [7, 11) is 1.05. The summed E-state index contributed by atoms with van der Waals surface area (Å²) >= 11 is 0. The fraction of sp³-hybridized carbons (Fsp3) is 0.545. The molecule has 0 aromatic carbocycles. The maximum Gasteiger partial charge on any atom is 0.129 e. The molecule has 2 heterocycles. The van der Waals surface area contributed by atoms with E-state index in [9.17, 15) is 0 Å². The van der Waals surface area contributed by atoms with Gasteiger partial charge < -0.3 is 5.32 Å². The summed E-state index contributed by atoms with van der Waals surface area (Å²) < 4.78 is 0. The van der Waals surface area contributed by atoms with E-state index in [1.165, 1.54) is 23.6 Å². The first-order valence-electron chi connectivity index (χ1n) is 5.22. The highest BCUT2D eigenvalue weighted by Crippen LogP contribution is 2.28. The Labute approximate surface area is 87.3 Å². The second-order valence-electron chi connectivity index (χ2n) is 4.00. The van der Waals surface area contributed by atoms with Gasteiger partial charge >= 0.3 is 0 Å². The maximum atomic E-state index is 4.67. The molecule has 1 unspecified atom stereocenters. The van der Waals surface area contributed by atoms with Crippen LogP contribution in [0.2, 0.25) is 0 Å². The highest BCUT2D eigenvalue weighted by molar-refractivity contribution is 7.37. The van der Waals surface area contributed by atoms with Crippen LogP contribution in [0, 0.1) is 0 Å². The molecule has 0 saturated heterocycles. The van der Waals surface area contributed by atoms with E-state index in [1.54, 1.807) is 0 Å². The monoisotopic (exact) mass is 208 g/mol. The van der Waals surface area contributed by atoms with Crippen LogP contribution in [0.15, 0.2) is 12.1 Å². The summed E-state index contributed by atoms with van der Waals surface area (Å²) in [5.74, 6) is 1.65. The van der Waals surface area contributed by atoms with Crippen molar-refractivity contribution in [3.63, 3.8) is 0 Å². The van der Waals surface area contributed by atoms with Crippen molar-refractivity contribution in [1.82, 2.24) is 4.98 Å². The molecule has 1 atom stereocenters. The molecule has 2 nitrogen and oxygen atoms in total. The molecule has 0 fully saturated rings. The van der Waals surface area contributed by atoms with Crippen LogP contribution in [0.3, 0.4) is 0 Å². The smallest absolute Gasteiger partial charge is 0.129 e. The number of anilines is 1. The lowest BCUT2D eigenvalue weighted by molar-refractivity contribution is 0.821. The van der Waals surface area contributed by atoms with Gasteiger partial charge in [0.2, 0.25) is 0 Å². The van der Waals surface area contributed by atoms with Crippen molar-refractivity contribution < 1.29 is 0 Å². The molecule has 1 aliphatic heterocycles. The van der Waals surface area contributed by atoms with Crippen molar-refractivity contribution >= 4 is 14.4 Å². The summed E-state index contributed by atoms with van der Waals surface area (Å²) in [4.78, 5) is 4.67. The van der Waals surface area contributed by atoms with Gasteiger partial charge in [-0.3, -0.25) is 0 Å². The molecule has 0 radical (unpaired) electrons. The zero-order valence-electron chi connectivity index (χ0n) is 8.80. The first-order valence-corrected chi connectivity index (χ1v) is 6.63. The van der Waals surface area contributed by atoms with Gasteiger partial charge in [-0.2, -0.15) is 0 Å². The standard InChI is InChI=1S/C11H17N2P/c1-8(2)10-4-3-9-7-14-6-5-12-11(9)13-10/h3-4,8,14H,5-7H2,1-2H3,(H,12,13). The number of hydrogen-bond acceptors (Lipinski definition) is 2. The second-order valence-corrected chi connectivity index (χ2v) is 5.36. The Balaban J connectivity index is 2.32. The Kier molecular flexibility index (Phi) is 3.02. The largest absolute Gasteiger partial charge is 0.369 e. The molecule has 0 amide bonds. The lowest BCUT2D eigenvalue weighted by Crippen LogP contribution is -2.06. The molecule has 1 N–H and O–H groups in total. The molecule has 0 aliphatic carbocycles. The van der Waals surface area contributed by atoms with E-state index in [4.69, 9.17) is 0 Å². The highest BCUT2D eigenvalue weighted by Gasteiger charge is 2.10. The SMILES string of the molecule is CC(C)c1ccc2c(n1)NCCPC2. The summed E-state index contributed by atoms with van der Waals surface area (Å²) in [5.41, 5.74) is 2.59. The Hall–Kier alpha value is -0.620. The van der Waals surface area contributed by atoms with Gasteiger partial charge in [-0.1, -0.05) is 19.9 Å². The van der Waals surface area contributed by atoms with Gasteiger partial charge in [0.15, 0.2) is 0 Å².